The van der Waals surface area contributed by atoms with Gasteiger partial charge in [0.15, 0.2) is 0 Å². The molecule has 0 aliphatic rings. The van der Waals surface area contributed by atoms with Gasteiger partial charge >= 0.3 is 0 Å². The second kappa shape index (κ2) is 9.80. The van der Waals surface area contributed by atoms with Crippen molar-refractivity contribution in [1.82, 2.24) is 5.32 Å². The summed E-state index contributed by atoms with van der Waals surface area (Å²) in [6, 6.07) is 13.3. The molecule has 8 heteroatoms. The third-order valence-corrected chi connectivity index (χ3v) is 5.70. The van der Waals surface area contributed by atoms with E-state index in [0.29, 0.717) is 17.3 Å². The van der Waals surface area contributed by atoms with Gasteiger partial charge in [-0.3, -0.25) is 9.10 Å². The van der Waals surface area contributed by atoms with Crippen molar-refractivity contribution in [1.29, 1.82) is 0 Å². The summed E-state index contributed by atoms with van der Waals surface area (Å²) in [6.07, 6.45) is 2.57. The molecule has 0 aromatic heterocycles. The Kier molecular flexibility index (Phi) is 7.71. The Morgan fingerprint density at radius 1 is 1.21 bits per heavy atom. The van der Waals surface area contributed by atoms with Crippen molar-refractivity contribution in [3.63, 3.8) is 0 Å². The van der Waals surface area contributed by atoms with Gasteiger partial charge in [-0.05, 0) is 55.7 Å². The van der Waals surface area contributed by atoms with Gasteiger partial charge in [-0.15, -0.1) is 0 Å². The number of amides is 1. The highest BCUT2D eigenvalue weighted by molar-refractivity contribution is 7.92. The van der Waals surface area contributed by atoms with Gasteiger partial charge in [-0.1, -0.05) is 29.8 Å². The fourth-order valence-corrected chi connectivity index (χ4v) is 4.25. The highest BCUT2D eigenvalue weighted by Crippen LogP contribution is 2.24. The van der Waals surface area contributed by atoms with E-state index < -0.39 is 16.1 Å². The first-order chi connectivity index (χ1) is 13.2. The largest absolute Gasteiger partial charge is 0.497 e. The minimum atomic E-state index is -3.66. The Bertz CT molecular complexity index is 918. The first-order valence-corrected chi connectivity index (χ1v) is 11.1. The molecule has 0 aliphatic heterocycles. The zero-order valence-corrected chi connectivity index (χ0v) is 17.8. The van der Waals surface area contributed by atoms with E-state index in [9.17, 15) is 13.2 Å². The van der Waals surface area contributed by atoms with Crippen LogP contribution >= 0.6 is 11.6 Å². The van der Waals surface area contributed by atoms with Crippen LogP contribution in [0.2, 0.25) is 5.02 Å². The summed E-state index contributed by atoms with van der Waals surface area (Å²) in [5, 5.41) is 3.21. The molecule has 1 atom stereocenters. The lowest BCUT2D eigenvalue weighted by Gasteiger charge is -2.28. The molecule has 1 unspecified atom stereocenters. The van der Waals surface area contributed by atoms with Crippen molar-refractivity contribution in [3.05, 3.63) is 59.1 Å². The lowest BCUT2D eigenvalue weighted by atomic mass is 10.1. The van der Waals surface area contributed by atoms with Crippen LogP contribution in [0, 0.1) is 0 Å². The monoisotopic (exact) mass is 424 g/mol. The van der Waals surface area contributed by atoms with Crippen molar-refractivity contribution in [3.8, 4) is 5.75 Å². The minimum absolute atomic E-state index is 0.356. The summed E-state index contributed by atoms with van der Waals surface area (Å²) in [6.45, 7) is 1.99. The number of nitrogens with zero attached hydrogens (tertiary/aromatic N) is 1. The van der Waals surface area contributed by atoms with Crippen LogP contribution in [0.3, 0.4) is 0 Å². The molecule has 0 saturated carbocycles. The van der Waals surface area contributed by atoms with Gasteiger partial charge in [0.2, 0.25) is 15.9 Å². The molecule has 0 aliphatic carbocycles. The van der Waals surface area contributed by atoms with Crippen molar-refractivity contribution >= 4 is 33.2 Å². The van der Waals surface area contributed by atoms with E-state index in [1.807, 2.05) is 24.3 Å². The molecule has 0 heterocycles. The van der Waals surface area contributed by atoms with Gasteiger partial charge in [0.1, 0.15) is 11.8 Å². The molecular formula is C20H25ClN2O4S. The van der Waals surface area contributed by atoms with Gasteiger partial charge in [0.25, 0.3) is 0 Å². The molecule has 0 radical (unpaired) electrons. The van der Waals surface area contributed by atoms with Crippen LogP contribution in [0.15, 0.2) is 48.5 Å². The van der Waals surface area contributed by atoms with Gasteiger partial charge in [0.05, 0.1) is 19.1 Å². The SMILES string of the molecule is COc1cccc(CCCNC(=O)C(C)N(c2cccc(Cl)c2)S(C)(=O)=O)c1. The number of anilines is 1. The van der Waals surface area contributed by atoms with Crippen LogP contribution in [-0.4, -0.2) is 40.3 Å². The Morgan fingerprint density at radius 3 is 2.57 bits per heavy atom. The molecule has 0 fully saturated rings. The zero-order valence-electron chi connectivity index (χ0n) is 16.2. The van der Waals surface area contributed by atoms with Gasteiger partial charge in [0, 0.05) is 11.6 Å². The smallest absolute Gasteiger partial charge is 0.243 e. The van der Waals surface area contributed by atoms with Gasteiger partial charge in [-0.25, -0.2) is 8.42 Å². The third-order valence-electron chi connectivity index (χ3n) is 4.23. The lowest BCUT2D eigenvalue weighted by molar-refractivity contribution is -0.121. The molecule has 2 aromatic rings. The Balaban J connectivity index is 1.97. The van der Waals surface area contributed by atoms with E-state index in [4.69, 9.17) is 16.3 Å². The number of benzene rings is 2. The molecule has 0 spiro atoms. The summed E-state index contributed by atoms with van der Waals surface area (Å²) in [4.78, 5) is 12.5. The predicted octanol–water partition coefficient (Wildman–Crippen LogP) is 3.25. The Morgan fingerprint density at radius 2 is 1.93 bits per heavy atom. The zero-order chi connectivity index (χ0) is 20.7. The van der Waals surface area contributed by atoms with Gasteiger partial charge < -0.3 is 10.1 Å². The summed E-state index contributed by atoms with van der Waals surface area (Å²) in [7, 11) is -2.04. The van der Waals surface area contributed by atoms with Crippen LogP contribution < -0.4 is 14.4 Å². The number of ether oxygens (including phenoxy) is 1. The second-order valence-electron chi connectivity index (χ2n) is 6.46. The molecule has 28 heavy (non-hydrogen) atoms. The molecular weight excluding hydrogens is 400 g/mol. The number of hydrogen-bond donors (Lipinski definition) is 1. The number of aryl methyl sites for hydroxylation is 1. The highest BCUT2D eigenvalue weighted by Gasteiger charge is 2.28. The van der Waals surface area contributed by atoms with Crippen LogP contribution in [0.5, 0.6) is 5.75 Å². The van der Waals surface area contributed by atoms with Crippen LogP contribution in [-0.2, 0) is 21.2 Å². The molecule has 152 valence electrons. The van der Waals surface area contributed by atoms with Crippen molar-refractivity contribution in [2.24, 2.45) is 0 Å². The number of rotatable bonds is 9. The van der Waals surface area contributed by atoms with E-state index in [-0.39, 0.29) is 5.91 Å². The maximum atomic E-state index is 12.5. The average molecular weight is 425 g/mol. The summed E-state index contributed by atoms with van der Waals surface area (Å²) in [5.74, 6) is 0.427. The number of sulfonamides is 1. The lowest BCUT2D eigenvalue weighted by Crippen LogP contribution is -2.48. The van der Waals surface area contributed by atoms with E-state index in [0.717, 1.165) is 34.7 Å². The van der Waals surface area contributed by atoms with Crippen LogP contribution in [0.1, 0.15) is 18.9 Å². The van der Waals surface area contributed by atoms with Crippen LogP contribution in [0.25, 0.3) is 0 Å². The standard InChI is InChI=1S/C20H25ClN2O4S/c1-15(23(28(3,25)26)18-10-5-9-17(21)14-18)20(24)22-12-6-8-16-7-4-11-19(13-16)27-2/h4-5,7,9-11,13-15H,6,8,12H2,1-3H3,(H,22,24). The molecule has 2 aromatic carbocycles. The molecule has 0 bridgehead atoms. The van der Waals surface area contributed by atoms with E-state index in [2.05, 4.69) is 5.32 Å². The number of halogens is 1. The van der Waals surface area contributed by atoms with E-state index in [1.165, 1.54) is 6.07 Å². The maximum Gasteiger partial charge on any atom is 0.243 e. The topological polar surface area (TPSA) is 75.7 Å². The fourth-order valence-electron chi connectivity index (χ4n) is 2.90. The summed E-state index contributed by atoms with van der Waals surface area (Å²) in [5.41, 5.74) is 1.47. The minimum Gasteiger partial charge on any atom is -0.497 e. The summed E-state index contributed by atoms with van der Waals surface area (Å²) >= 11 is 5.97. The second-order valence-corrected chi connectivity index (χ2v) is 8.76. The Labute approximate surface area is 171 Å². The molecule has 6 nitrogen and oxygen atoms in total. The number of hydrogen-bond acceptors (Lipinski definition) is 4. The van der Waals surface area contributed by atoms with E-state index >= 15 is 0 Å². The predicted molar refractivity (Wildman–Crippen MR) is 113 cm³/mol. The fraction of sp³-hybridized carbons (Fsp3) is 0.350. The molecule has 0 saturated heterocycles. The third kappa shape index (κ3) is 6.14. The average Bonchev–Trinajstić information content (AvgIpc) is 2.64. The number of methoxy groups -OCH3 is 1. The number of carbonyl (C=O) groups excluding carboxylic acids is 1. The molecule has 2 rings (SSSR count). The van der Waals surface area contributed by atoms with Crippen molar-refractivity contribution in [2.45, 2.75) is 25.8 Å². The number of carbonyl (C=O) groups is 1. The normalized spacial score (nSPS) is 12.3. The first-order valence-electron chi connectivity index (χ1n) is 8.88. The van der Waals surface area contributed by atoms with E-state index in [1.54, 1.807) is 32.2 Å². The number of nitrogens with one attached hydrogen (secondary N) is 1. The summed E-state index contributed by atoms with van der Waals surface area (Å²) < 4.78 is 30.8. The quantitative estimate of drug-likeness (QED) is 0.627. The molecule has 1 N–H and O–H groups in total. The maximum absolute atomic E-state index is 12.5. The van der Waals surface area contributed by atoms with Crippen molar-refractivity contribution < 1.29 is 17.9 Å². The first kappa shape index (κ1) is 22.0. The van der Waals surface area contributed by atoms with Gasteiger partial charge in [-0.2, -0.15) is 0 Å². The van der Waals surface area contributed by atoms with Crippen molar-refractivity contribution in [2.75, 3.05) is 24.2 Å². The highest BCUT2D eigenvalue weighted by atomic mass is 35.5. The van der Waals surface area contributed by atoms with Crippen LogP contribution in [0.4, 0.5) is 5.69 Å². The Hall–Kier alpha value is -2.25. The molecule has 1 amide bonds.